The first-order valence-electron chi connectivity index (χ1n) is 22.7. The topological polar surface area (TPSA) is 83.1 Å². The zero-order valence-electron chi connectivity index (χ0n) is 35.5. The van der Waals surface area contributed by atoms with Crippen LogP contribution in [0.1, 0.15) is 214 Å². The summed E-state index contributed by atoms with van der Waals surface area (Å²) in [6.45, 7) is 12.6. The largest absolute Gasteiger partial charge is 0.466 e. The van der Waals surface area contributed by atoms with Crippen LogP contribution >= 0.6 is 0 Å². The predicted octanol–water partition coefficient (Wildman–Crippen LogP) is 12.9. The molecule has 312 valence electrons. The second kappa shape index (κ2) is 43.0. The van der Waals surface area contributed by atoms with Gasteiger partial charge in [-0.15, -0.1) is 0 Å². The number of hydrogen-bond acceptors (Lipinski definition) is 7. The Labute approximate surface area is 328 Å². The maximum absolute atomic E-state index is 12.5. The minimum atomic E-state index is -0.343. The Morgan fingerprint density at radius 3 is 1.57 bits per heavy atom. The number of esters is 2. The Bertz CT molecular complexity index is 795. The molecule has 0 heterocycles. The van der Waals surface area contributed by atoms with Crippen LogP contribution in [0.25, 0.3) is 0 Å². The Kier molecular flexibility index (Phi) is 41.7. The first-order valence-corrected chi connectivity index (χ1v) is 22.7. The predicted molar refractivity (Wildman–Crippen MR) is 224 cm³/mol. The van der Waals surface area contributed by atoms with Crippen molar-refractivity contribution in [3.63, 3.8) is 0 Å². The molecule has 0 saturated carbocycles. The van der Waals surface area contributed by atoms with E-state index in [1.807, 2.05) is 0 Å². The smallest absolute Gasteiger partial charge is 0.306 e. The monoisotopic (exact) mass is 750 g/mol. The molecule has 0 rings (SSSR count). The lowest BCUT2D eigenvalue weighted by molar-refractivity contribution is -0.159. The summed E-state index contributed by atoms with van der Waals surface area (Å²) in [5, 5.41) is 3.55. The summed E-state index contributed by atoms with van der Waals surface area (Å²) in [6.07, 6.45) is 39.1. The number of unbranched alkanes of at least 4 members (excludes halogenated alkanes) is 16. The SMILES string of the molecule is CC/C=C\CCCCOC(CCC(=O)OCCCCCCCNCCCCCC(=O)OC(CCCCCC)CCCCCC)OCCCC/C=C\CC. The Morgan fingerprint density at radius 1 is 0.491 bits per heavy atom. The minimum absolute atomic E-state index is 0.00129. The summed E-state index contributed by atoms with van der Waals surface area (Å²) in [4.78, 5) is 24.9. The molecule has 0 atom stereocenters. The number of carbonyl (C=O) groups excluding carboxylic acids is 2. The summed E-state index contributed by atoms with van der Waals surface area (Å²) in [5.74, 6) is -0.154. The van der Waals surface area contributed by atoms with Gasteiger partial charge in [0, 0.05) is 26.1 Å². The van der Waals surface area contributed by atoms with Crippen molar-refractivity contribution in [2.75, 3.05) is 32.9 Å². The maximum Gasteiger partial charge on any atom is 0.306 e. The highest BCUT2D eigenvalue weighted by Crippen LogP contribution is 2.17. The van der Waals surface area contributed by atoms with Gasteiger partial charge in [-0.2, -0.15) is 0 Å². The van der Waals surface area contributed by atoms with Crippen molar-refractivity contribution >= 4 is 11.9 Å². The van der Waals surface area contributed by atoms with E-state index in [0.717, 1.165) is 122 Å². The van der Waals surface area contributed by atoms with Crippen molar-refractivity contribution in [1.29, 1.82) is 0 Å². The number of rotatable bonds is 42. The molecule has 7 heteroatoms. The average molecular weight is 750 g/mol. The zero-order chi connectivity index (χ0) is 38.7. The van der Waals surface area contributed by atoms with Gasteiger partial charge in [-0.05, 0) is 116 Å². The summed E-state index contributed by atoms with van der Waals surface area (Å²) >= 11 is 0. The molecule has 0 aliphatic heterocycles. The third-order valence-corrected chi connectivity index (χ3v) is 9.58. The molecule has 0 bridgehead atoms. The number of ether oxygens (including phenoxy) is 4. The van der Waals surface area contributed by atoms with Crippen LogP contribution in [0.3, 0.4) is 0 Å². The fourth-order valence-corrected chi connectivity index (χ4v) is 6.24. The van der Waals surface area contributed by atoms with E-state index >= 15 is 0 Å². The third kappa shape index (κ3) is 39.8. The van der Waals surface area contributed by atoms with Crippen molar-refractivity contribution in [2.45, 2.75) is 226 Å². The van der Waals surface area contributed by atoms with Crippen molar-refractivity contribution in [2.24, 2.45) is 0 Å². The van der Waals surface area contributed by atoms with Crippen LogP contribution in [0.15, 0.2) is 24.3 Å². The van der Waals surface area contributed by atoms with Crippen molar-refractivity contribution < 1.29 is 28.5 Å². The Balaban J connectivity index is 3.91. The fraction of sp³-hybridized carbons (Fsp3) is 0.870. The molecular weight excluding hydrogens is 663 g/mol. The number of nitrogens with one attached hydrogen (secondary N) is 1. The van der Waals surface area contributed by atoms with Crippen molar-refractivity contribution in [1.82, 2.24) is 5.32 Å². The Hall–Kier alpha value is -1.70. The average Bonchev–Trinajstić information content (AvgIpc) is 3.16. The Morgan fingerprint density at radius 2 is 1.00 bits per heavy atom. The van der Waals surface area contributed by atoms with Gasteiger partial charge in [-0.3, -0.25) is 9.59 Å². The zero-order valence-corrected chi connectivity index (χ0v) is 35.5. The number of allylic oxidation sites excluding steroid dienone is 4. The van der Waals surface area contributed by atoms with E-state index in [9.17, 15) is 9.59 Å². The van der Waals surface area contributed by atoms with Crippen LogP contribution in [0, 0.1) is 0 Å². The number of hydrogen-bond donors (Lipinski definition) is 1. The van der Waals surface area contributed by atoms with Gasteiger partial charge in [-0.25, -0.2) is 0 Å². The van der Waals surface area contributed by atoms with Crippen LogP contribution < -0.4 is 5.32 Å². The molecule has 0 radical (unpaired) electrons. The van der Waals surface area contributed by atoms with Gasteiger partial charge < -0.3 is 24.3 Å². The molecule has 0 unspecified atom stereocenters. The molecule has 1 N–H and O–H groups in total. The lowest BCUT2D eigenvalue weighted by Gasteiger charge is -2.18. The number of carbonyl (C=O) groups is 2. The molecule has 0 amide bonds. The fourth-order valence-electron chi connectivity index (χ4n) is 6.24. The van der Waals surface area contributed by atoms with Gasteiger partial charge >= 0.3 is 11.9 Å². The maximum atomic E-state index is 12.5. The first kappa shape index (κ1) is 51.3. The second-order valence-electron chi connectivity index (χ2n) is 14.8. The third-order valence-electron chi connectivity index (χ3n) is 9.58. The van der Waals surface area contributed by atoms with Gasteiger partial charge in [0.25, 0.3) is 0 Å². The van der Waals surface area contributed by atoms with Crippen LogP contribution in [-0.2, 0) is 28.5 Å². The van der Waals surface area contributed by atoms with E-state index in [2.05, 4.69) is 57.3 Å². The van der Waals surface area contributed by atoms with Crippen molar-refractivity contribution in [3.8, 4) is 0 Å². The van der Waals surface area contributed by atoms with E-state index in [1.165, 1.54) is 57.8 Å². The van der Waals surface area contributed by atoms with E-state index in [0.29, 0.717) is 39.1 Å². The summed E-state index contributed by atoms with van der Waals surface area (Å²) in [5.41, 5.74) is 0. The van der Waals surface area contributed by atoms with E-state index in [4.69, 9.17) is 18.9 Å². The molecule has 0 aromatic heterocycles. The second-order valence-corrected chi connectivity index (χ2v) is 14.8. The standard InChI is InChI=1S/C46H87NO6/c1-5-9-13-17-21-31-41-51-46(52-42-32-22-18-14-10-6-2)37-36-44(48)50-40-30-23-19-20-28-38-47-39-29-24-27-35-45(49)53-43(33-25-15-11-7-3)34-26-16-12-8-4/h9-10,13-14,43,46-47H,5-8,11-12,15-42H2,1-4H3/b13-9-,14-10-. The normalized spacial score (nSPS) is 11.9. The molecule has 0 aromatic carbocycles. The van der Waals surface area contributed by atoms with Gasteiger partial charge in [0.15, 0.2) is 6.29 Å². The van der Waals surface area contributed by atoms with Crippen LogP contribution in [0.5, 0.6) is 0 Å². The van der Waals surface area contributed by atoms with Gasteiger partial charge in [0.2, 0.25) is 0 Å². The first-order chi connectivity index (χ1) is 26.1. The summed E-state index contributed by atoms with van der Waals surface area (Å²) in [6, 6.07) is 0. The lowest BCUT2D eigenvalue weighted by Crippen LogP contribution is -2.21. The van der Waals surface area contributed by atoms with Crippen molar-refractivity contribution in [3.05, 3.63) is 24.3 Å². The molecule has 0 saturated heterocycles. The molecule has 7 nitrogen and oxygen atoms in total. The molecular formula is C46H87NO6. The molecule has 0 aliphatic rings. The molecule has 0 fully saturated rings. The van der Waals surface area contributed by atoms with Gasteiger partial charge in [0.1, 0.15) is 6.10 Å². The van der Waals surface area contributed by atoms with E-state index in [1.54, 1.807) is 0 Å². The van der Waals surface area contributed by atoms with Gasteiger partial charge in [0.05, 0.1) is 13.0 Å². The lowest BCUT2D eigenvalue weighted by atomic mass is 10.0. The summed E-state index contributed by atoms with van der Waals surface area (Å²) < 4.78 is 23.5. The highest BCUT2D eigenvalue weighted by Gasteiger charge is 2.15. The van der Waals surface area contributed by atoms with E-state index < -0.39 is 0 Å². The highest BCUT2D eigenvalue weighted by molar-refractivity contribution is 5.69. The van der Waals surface area contributed by atoms with E-state index in [-0.39, 0.29) is 24.3 Å². The minimum Gasteiger partial charge on any atom is -0.466 e. The van der Waals surface area contributed by atoms with Crippen LogP contribution in [-0.4, -0.2) is 57.2 Å². The van der Waals surface area contributed by atoms with Crippen LogP contribution in [0.4, 0.5) is 0 Å². The van der Waals surface area contributed by atoms with Gasteiger partial charge in [-0.1, -0.05) is 116 Å². The summed E-state index contributed by atoms with van der Waals surface area (Å²) in [7, 11) is 0. The molecule has 0 aliphatic carbocycles. The highest BCUT2D eigenvalue weighted by atomic mass is 16.7. The quantitative estimate of drug-likeness (QED) is 0.0288. The molecule has 0 spiro atoms. The van der Waals surface area contributed by atoms with Crippen LogP contribution in [0.2, 0.25) is 0 Å². The molecule has 53 heavy (non-hydrogen) atoms. The molecule has 0 aromatic rings.